The van der Waals surface area contributed by atoms with Crippen molar-refractivity contribution in [3.63, 3.8) is 0 Å². The van der Waals surface area contributed by atoms with Gasteiger partial charge in [-0.2, -0.15) is 5.10 Å². The SMILES string of the molecule is Cc1ccc2c(cnn2COCC[Si](C)(C)C)c1N1CCc2cnc(N3CCN(C(=O)OCc4ccccc4)CC3)nc2C1. The number of carbonyl (C=O) groups is 1. The molecular formula is C33H43N7O3Si. The first kappa shape index (κ1) is 30.1. The van der Waals surface area contributed by atoms with Crippen LogP contribution in [0.3, 0.4) is 0 Å². The van der Waals surface area contributed by atoms with E-state index in [9.17, 15) is 4.79 Å². The van der Waals surface area contributed by atoms with E-state index in [0.717, 1.165) is 53.7 Å². The summed E-state index contributed by atoms with van der Waals surface area (Å²) >= 11 is 0. The highest BCUT2D eigenvalue weighted by Crippen LogP contribution is 2.34. The molecule has 1 fully saturated rings. The summed E-state index contributed by atoms with van der Waals surface area (Å²) in [7, 11) is -1.13. The number of fused-ring (bicyclic) bond motifs is 2. The third-order valence-electron chi connectivity index (χ3n) is 8.49. The van der Waals surface area contributed by atoms with E-state index in [0.29, 0.717) is 39.5 Å². The van der Waals surface area contributed by atoms with Crippen LogP contribution >= 0.6 is 0 Å². The predicted molar refractivity (Wildman–Crippen MR) is 176 cm³/mol. The zero-order valence-electron chi connectivity index (χ0n) is 26.3. The Labute approximate surface area is 260 Å². The Hall–Kier alpha value is -3.96. The van der Waals surface area contributed by atoms with Crippen LogP contribution in [-0.2, 0) is 35.8 Å². The molecule has 2 aromatic carbocycles. The van der Waals surface area contributed by atoms with Crippen LogP contribution in [0.25, 0.3) is 10.9 Å². The molecule has 2 aromatic heterocycles. The van der Waals surface area contributed by atoms with Gasteiger partial charge in [-0.25, -0.2) is 19.4 Å². The standard InChI is InChI=1S/C33H43N7O3Si/c1-25-10-11-30-28(21-35-40(30)24-42-18-19-44(2,3)4)31(25)39-13-12-27-20-34-32(36-29(27)22-39)37-14-16-38(17-15-37)33(41)43-23-26-8-6-5-7-9-26/h5-11,20-21H,12-19,22-24H2,1-4H3. The molecule has 0 saturated carbocycles. The molecule has 4 heterocycles. The second-order valence-electron chi connectivity index (χ2n) is 13.0. The first-order chi connectivity index (χ1) is 21.2. The molecule has 0 atom stereocenters. The highest BCUT2D eigenvalue weighted by atomic mass is 28.3. The van der Waals surface area contributed by atoms with Crippen molar-refractivity contribution in [1.82, 2.24) is 24.6 Å². The van der Waals surface area contributed by atoms with Crippen molar-refractivity contribution in [3.8, 4) is 0 Å². The number of nitrogens with zero attached hydrogens (tertiary/aromatic N) is 7. The Balaban J connectivity index is 1.10. The van der Waals surface area contributed by atoms with E-state index in [1.165, 1.54) is 16.8 Å². The van der Waals surface area contributed by atoms with Gasteiger partial charge < -0.3 is 24.2 Å². The molecule has 6 rings (SSSR count). The van der Waals surface area contributed by atoms with Crippen LogP contribution in [-0.4, -0.2) is 78.1 Å². The second-order valence-corrected chi connectivity index (χ2v) is 18.6. The smallest absolute Gasteiger partial charge is 0.410 e. The zero-order chi connectivity index (χ0) is 30.7. The highest BCUT2D eigenvalue weighted by Gasteiger charge is 2.27. The van der Waals surface area contributed by atoms with E-state index in [1.54, 1.807) is 4.90 Å². The third-order valence-corrected chi connectivity index (χ3v) is 10.2. The molecule has 0 unspecified atom stereocenters. The van der Waals surface area contributed by atoms with Gasteiger partial charge in [0.1, 0.15) is 13.3 Å². The summed E-state index contributed by atoms with van der Waals surface area (Å²) in [6, 6.07) is 15.2. The largest absolute Gasteiger partial charge is 0.445 e. The Kier molecular flexibility index (Phi) is 8.85. The number of ether oxygens (including phenoxy) is 2. The Morgan fingerprint density at radius 2 is 1.75 bits per heavy atom. The molecule has 44 heavy (non-hydrogen) atoms. The van der Waals surface area contributed by atoms with Crippen molar-refractivity contribution < 1.29 is 14.3 Å². The summed E-state index contributed by atoms with van der Waals surface area (Å²) in [5, 5.41) is 5.84. The van der Waals surface area contributed by atoms with Crippen LogP contribution in [0, 0.1) is 6.92 Å². The number of benzene rings is 2. The van der Waals surface area contributed by atoms with Gasteiger partial charge in [-0.1, -0.05) is 56.0 Å². The Morgan fingerprint density at radius 1 is 0.955 bits per heavy atom. The van der Waals surface area contributed by atoms with Gasteiger partial charge in [0, 0.05) is 59.0 Å². The lowest BCUT2D eigenvalue weighted by atomic mass is 10.0. The van der Waals surface area contributed by atoms with E-state index in [-0.39, 0.29) is 12.7 Å². The number of hydrogen-bond acceptors (Lipinski definition) is 8. The molecule has 0 radical (unpaired) electrons. The summed E-state index contributed by atoms with van der Waals surface area (Å²) in [6.45, 7) is 14.9. The summed E-state index contributed by atoms with van der Waals surface area (Å²) in [5.74, 6) is 0.723. The Morgan fingerprint density at radius 3 is 2.52 bits per heavy atom. The minimum absolute atomic E-state index is 0.276. The van der Waals surface area contributed by atoms with E-state index < -0.39 is 8.07 Å². The summed E-state index contributed by atoms with van der Waals surface area (Å²) in [4.78, 5) is 28.8. The average Bonchev–Trinajstić information content (AvgIpc) is 3.44. The van der Waals surface area contributed by atoms with Crippen molar-refractivity contribution in [1.29, 1.82) is 0 Å². The lowest BCUT2D eigenvalue weighted by Gasteiger charge is -2.35. The van der Waals surface area contributed by atoms with Crippen LogP contribution in [0.2, 0.25) is 25.7 Å². The first-order valence-electron chi connectivity index (χ1n) is 15.6. The minimum Gasteiger partial charge on any atom is -0.445 e. The number of aromatic nitrogens is 4. The van der Waals surface area contributed by atoms with Crippen LogP contribution in [0.1, 0.15) is 22.4 Å². The summed E-state index contributed by atoms with van der Waals surface area (Å²) in [5.41, 5.74) is 6.77. The molecule has 2 aliphatic rings. The van der Waals surface area contributed by atoms with Crippen LogP contribution in [0.5, 0.6) is 0 Å². The van der Waals surface area contributed by atoms with Crippen LogP contribution in [0.15, 0.2) is 54.9 Å². The van der Waals surface area contributed by atoms with Crippen LogP contribution in [0.4, 0.5) is 16.4 Å². The zero-order valence-corrected chi connectivity index (χ0v) is 27.3. The van der Waals surface area contributed by atoms with Gasteiger partial charge >= 0.3 is 6.09 Å². The number of piperazine rings is 1. The molecule has 0 bridgehead atoms. The molecule has 232 valence electrons. The van der Waals surface area contributed by atoms with Crippen molar-refractivity contribution in [2.24, 2.45) is 0 Å². The normalized spacial score (nSPS) is 15.5. The van der Waals surface area contributed by atoms with Gasteiger partial charge in [0.25, 0.3) is 0 Å². The van der Waals surface area contributed by atoms with Crippen molar-refractivity contribution >= 4 is 36.7 Å². The maximum absolute atomic E-state index is 12.6. The average molecular weight is 614 g/mol. The molecule has 0 spiro atoms. The van der Waals surface area contributed by atoms with E-state index in [1.807, 2.05) is 47.4 Å². The molecule has 10 nitrogen and oxygen atoms in total. The summed E-state index contributed by atoms with van der Waals surface area (Å²) in [6.07, 6.45) is 4.57. The molecule has 1 amide bonds. The van der Waals surface area contributed by atoms with Gasteiger partial charge in [0.05, 0.1) is 29.6 Å². The first-order valence-corrected chi connectivity index (χ1v) is 19.3. The lowest BCUT2D eigenvalue weighted by Crippen LogP contribution is -2.49. The predicted octanol–water partition coefficient (Wildman–Crippen LogP) is 5.47. The second kappa shape index (κ2) is 13.0. The third kappa shape index (κ3) is 6.89. The Bertz CT molecular complexity index is 1600. The minimum atomic E-state index is -1.13. The molecular weight excluding hydrogens is 570 g/mol. The molecule has 11 heteroatoms. The van der Waals surface area contributed by atoms with E-state index >= 15 is 0 Å². The number of amides is 1. The van der Waals surface area contributed by atoms with Crippen molar-refractivity contribution in [2.75, 3.05) is 49.1 Å². The number of hydrogen-bond donors (Lipinski definition) is 0. The summed E-state index contributed by atoms with van der Waals surface area (Å²) < 4.78 is 13.5. The quantitative estimate of drug-likeness (QED) is 0.182. The van der Waals surface area contributed by atoms with Gasteiger partial charge in [0.2, 0.25) is 5.95 Å². The highest BCUT2D eigenvalue weighted by molar-refractivity contribution is 6.76. The topological polar surface area (TPSA) is 88.9 Å². The molecule has 2 aliphatic heterocycles. The molecule has 4 aromatic rings. The van der Waals surface area contributed by atoms with Gasteiger partial charge in [-0.3, -0.25) is 0 Å². The van der Waals surface area contributed by atoms with E-state index in [4.69, 9.17) is 24.5 Å². The number of aryl methyl sites for hydroxylation is 1. The van der Waals surface area contributed by atoms with Crippen molar-refractivity contribution in [3.05, 3.63) is 77.2 Å². The fourth-order valence-corrected chi connectivity index (χ4v) is 6.59. The number of anilines is 2. The van der Waals surface area contributed by atoms with E-state index in [2.05, 4.69) is 48.5 Å². The maximum atomic E-state index is 12.6. The molecule has 0 N–H and O–H groups in total. The molecule has 0 aliphatic carbocycles. The number of rotatable bonds is 9. The fourth-order valence-electron chi connectivity index (χ4n) is 5.84. The lowest BCUT2D eigenvalue weighted by molar-refractivity contribution is 0.0817. The fraction of sp³-hybridized carbons (Fsp3) is 0.455. The van der Waals surface area contributed by atoms with Gasteiger partial charge in [-0.05, 0) is 42.1 Å². The van der Waals surface area contributed by atoms with Gasteiger partial charge in [0.15, 0.2) is 0 Å². The van der Waals surface area contributed by atoms with Crippen molar-refractivity contribution in [2.45, 2.75) is 58.9 Å². The molecule has 1 saturated heterocycles. The van der Waals surface area contributed by atoms with Gasteiger partial charge in [-0.15, -0.1) is 0 Å². The monoisotopic (exact) mass is 613 g/mol. The van der Waals surface area contributed by atoms with Crippen LogP contribution < -0.4 is 9.80 Å². The number of carbonyl (C=O) groups excluding carboxylic acids is 1. The maximum Gasteiger partial charge on any atom is 0.410 e.